The highest BCUT2D eigenvalue weighted by Crippen LogP contribution is 2.15. The minimum Gasteiger partial charge on any atom is -0.392 e. The lowest BCUT2D eigenvalue weighted by Gasteiger charge is -2.08. The average Bonchev–Trinajstić information content (AvgIpc) is 2.70. The van der Waals surface area contributed by atoms with Crippen molar-refractivity contribution in [1.82, 2.24) is 9.55 Å². The molecule has 0 amide bonds. The third-order valence-corrected chi connectivity index (χ3v) is 2.19. The van der Waals surface area contributed by atoms with Crippen LogP contribution in [0.4, 0.5) is 0 Å². The van der Waals surface area contributed by atoms with E-state index in [4.69, 9.17) is 0 Å². The molecule has 0 aliphatic carbocycles. The zero-order valence-corrected chi connectivity index (χ0v) is 8.01. The van der Waals surface area contributed by atoms with Crippen molar-refractivity contribution in [1.29, 1.82) is 0 Å². The Bertz CT molecular complexity index is 421. The van der Waals surface area contributed by atoms with E-state index in [1.165, 1.54) is 0 Å². The predicted octanol–water partition coefficient (Wildman–Crippen LogP) is 1.67. The fraction of sp³-hybridized carbons (Fsp3) is 0.182. The summed E-state index contributed by atoms with van der Waals surface area (Å²) in [6, 6.07) is 5.99. The van der Waals surface area contributed by atoms with Crippen LogP contribution in [0.15, 0.2) is 36.9 Å². The van der Waals surface area contributed by atoms with Gasteiger partial charge in [-0.15, -0.1) is 0 Å². The topological polar surface area (TPSA) is 38.0 Å². The van der Waals surface area contributed by atoms with Crippen LogP contribution >= 0.6 is 0 Å². The first-order chi connectivity index (χ1) is 6.81. The van der Waals surface area contributed by atoms with Crippen molar-refractivity contribution >= 4 is 0 Å². The van der Waals surface area contributed by atoms with Crippen LogP contribution in [0, 0.1) is 6.92 Å². The van der Waals surface area contributed by atoms with Gasteiger partial charge in [-0.3, -0.25) is 0 Å². The number of aliphatic hydroxyl groups is 1. The molecule has 2 rings (SSSR count). The molecule has 14 heavy (non-hydrogen) atoms. The molecule has 0 bridgehead atoms. The standard InChI is InChI=1S/C11H12N2O/c1-9-2-3-11(10(6-9)7-14)13-5-4-12-8-13/h2-6,8,14H,7H2,1H3. The van der Waals surface area contributed by atoms with E-state index in [0.29, 0.717) is 0 Å². The Morgan fingerprint density at radius 2 is 2.29 bits per heavy atom. The van der Waals surface area contributed by atoms with Crippen LogP contribution in [0.25, 0.3) is 5.69 Å². The SMILES string of the molecule is Cc1ccc(-n2ccnc2)c(CO)c1. The lowest BCUT2D eigenvalue weighted by molar-refractivity contribution is 0.281. The number of nitrogens with zero attached hydrogens (tertiary/aromatic N) is 2. The monoisotopic (exact) mass is 188 g/mol. The van der Waals surface area contributed by atoms with Gasteiger partial charge in [0.1, 0.15) is 0 Å². The Labute approximate surface area is 82.7 Å². The highest BCUT2D eigenvalue weighted by Gasteiger charge is 2.02. The summed E-state index contributed by atoms with van der Waals surface area (Å²) in [6.07, 6.45) is 5.31. The van der Waals surface area contributed by atoms with Crippen LogP contribution in [0.2, 0.25) is 0 Å². The number of benzene rings is 1. The van der Waals surface area contributed by atoms with Crippen molar-refractivity contribution in [3.63, 3.8) is 0 Å². The van der Waals surface area contributed by atoms with Crippen LogP contribution in [-0.4, -0.2) is 14.7 Å². The minimum absolute atomic E-state index is 0.0508. The summed E-state index contributed by atoms with van der Waals surface area (Å²) in [6.45, 7) is 2.06. The zero-order chi connectivity index (χ0) is 9.97. The van der Waals surface area contributed by atoms with Gasteiger partial charge in [0.05, 0.1) is 18.6 Å². The molecule has 0 saturated heterocycles. The molecule has 0 radical (unpaired) electrons. The van der Waals surface area contributed by atoms with Gasteiger partial charge < -0.3 is 9.67 Å². The van der Waals surface area contributed by atoms with E-state index in [0.717, 1.165) is 16.8 Å². The molecule has 3 heteroatoms. The molecular weight excluding hydrogens is 176 g/mol. The molecule has 0 unspecified atom stereocenters. The summed E-state index contributed by atoms with van der Waals surface area (Å²) >= 11 is 0. The lowest BCUT2D eigenvalue weighted by Crippen LogP contribution is -1.97. The van der Waals surface area contributed by atoms with E-state index in [-0.39, 0.29) is 6.61 Å². The quantitative estimate of drug-likeness (QED) is 0.778. The molecule has 0 atom stereocenters. The fourth-order valence-electron chi connectivity index (χ4n) is 1.49. The van der Waals surface area contributed by atoms with Gasteiger partial charge in [-0.05, 0) is 13.0 Å². The summed E-state index contributed by atoms with van der Waals surface area (Å²) in [5, 5.41) is 9.21. The first-order valence-electron chi connectivity index (χ1n) is 4.50. The molecule has 0 spiro atoms. The Hall–Kier alpha value is -1.61. The third-order valence-electron chi connectivity index (χ3n) is 2.19. The molecule has 2 aromatic rings. The summed E-state index contributed by atoms with van der Waals surface area (Å²) in [7, 11) is 0. The summed E-state index contributed by atoms with van der Waals surface area (Å²) in [5.41, 5.74) is 3.05. The molecule has 0 aliphatic rings. The number of imidazole rings is 1. The van der Waals surface area contributed by atoms with Crippen LogP contribution in [0.5, 0.6) is 0 Å². The number of hydrogen-bond donors (Lipinski definition) is 1. The smallest absolute Gasteiger partial charge is 0.0991 e. The highest BCUT2D eigenvalue weighted by molar-refractivity contribution is 5.42. The van der Waals surface area contributed by atoms with Gasteiger partial charge in [0.25, 0.3) is 0 Å². The summed E-state index contributed by atoms with van der Waals surface area (Å²) in [5.74, 6) is 0. The maximum Gasteiger partial charge on any atom is 0.0991 e. The average molecular weight is 188 g/mol. The van der Waals surface area contributed by atoms with Gasteiger partial charge in [-0.1, -0.05) is 17.7 Å². The van der Waals surface area contributed by atoms with Gasteiger partial charge in [-0.25, -0.2) is 4.98 Å². The number of hydrogen-bond acceptors (Lipinski definition) is 2. The number of rotatable bonds is 2. The first kappa shape index (κ1) is 8.97. The Kier molecular flexibility index (Phi) is 2.33. The lowest BCUT2D eigenvalue weighted by atomic mass is 10.1. The molecular formula is C11H12N2O. The Morgan fingerprint density at radius 3 is 2.93 bits per heavy atom. The molecule has 1 aromatic carbocycles. The van der Waals surface area contributed by atoms with E-state index < -0.39 is 0 Å². The van der Waals surface area contributed by atoms with Crippen LogP contribution in [0.3, 0.4) is 0 Å². The molecule has 0 saturated carbocycles. The molecule has 0 fully saturated rings. The summed E-state index contributed by atoms with van der Waals surface area (Å²) in [4.78, 5) is 3.98. The Morgan fingerprint density at radius 1 is 1.43 bits per heavy atom. The van der Waals surface area contributed by atoms with Crippen molar-refractivity contribution in [2.45, 2.75) is 13.5 Å². The second kappa shape index (κ2) is 3.64. The van der Waals surface area contributed by atoms with Gasteiger partial charge in [0.15, 0.2) is 0 Å². The van der Waals surface area contributed by atoms with E-state index in [9.17, 15) is 5.11 Å². The number of aliphatic hydroxyl groups excluding tert-OH is 1. The molecule has 1 aromatic heterocycles. The largest absolute Gasteiger partial charge is 0.392 e. The maximum atomic E-state index is 9.21. The van der Waals surface area contributed by atoms with Crippen LogP contribution < -0.4 is 0 Å². The van der Waals surface area contributed by atoms with Gasteiger partial charge >= 0.3 is 0 Å². The zero-order valence-electron chi connectivity index (χ0n) is 8.01. The van der Waals surface area contributed by atoms with Crippen molar-refractivity contribution in [2.75, 3.05) is 0 Å². The molecule has 1 N–H and O–H groups in total. The molecule has 1 heterocycles. The maximum absolute atomic E-state index is 9.21. The van der Waals surface area contributed by atoms with Gasteiger partial charge in [0.2, 0.25) is 0 Å². The van der Waals surface area contributed by atoms with Crippen LogP contribution in [0.1, 0.15) is 11.1 Å². The molecule has 3 nitrogen and oxygen atoms in total. The van der Waals surface area contributed by atoms with Crippen molar-refractivity contribution in [2.24, 2.45) is 0 Å². The number of aromatic nitrogens is 2. The third kappa shape index (κ3) is 1.54. The fourth-order valence-corrected chi connectivity index (χ4v) is 1.49. The van der Waals surface area contributed by atoms with Crippen molar-refractivity contribution < 1.29 is 5.11 Å². The van der Waals surface area contributed by atoms with E-state index in [1.54, 1.807) is 12.5 Å². The van der Waals surface area contributed by atoms with Gasteiger partial charge in [0, 0.05) is 18.0 Å². The molecule has 72 valence electrons. The minimum atomic E-state index is 0.0508. The second-order valence-electron chi connectivity index (χ2n) is 3.26. The summed E-state index contributed by atoms with van der Waals surface area (Å²) < 4.78 is 1.89. The normalized spacial score (nSPS) is 10.4. The molecule has 0 aliphatic heterocycles. The Balaban J connectivity index is 2.53. The van der Waals surface area contributed by atoms with Gasteiger partial charge in [-0.2, -0.15) is 0 Å². The number of aryl methyl sites for hydroxylation is 1. The van der Waals surface area contributed by atoms with E-state index >= 15 is 0 Å². The first-order valence-corrected chi connectivity index (χ1v) is 4.50. The van der Waals surface area contributed by atoms with E-state index in [1.807, 2.05) is 35.9 Å². The predicted molar refractivity (Wildman–Crippen MR) is 54.2 cm³/mol. The highest BCUT2D eigenvalue weighted by atomic mass is 16.3. The van der Waals surface area contributed by atoms with Crippen LogP contribution in [-0.2, 0) is 6.61 Å². The van der Waals surface area contributed by atoms with Crippen molar-refractivity contribution in [3.8, 4) is 5.69 Å². The second-order valence-corrected chi connectivity index (χ2v) is 3.26. The van der Waals surface area contributed by atoms with Crippen molar-refractivity contribution in [3.05, 3.63) is 48.0 Å². The van der Waals surface area contributed by atoms with E-state index in [2.05, 4.69) is 4.98 Å².